The fourth-order valence-corrected chi connectivity index (χ4v) is 6.05. The van der Waals surface area contributed by atoms with Crippen molar-refractivity contribution in [2.75, 3.05) is 74.3 Å². The number of anilines is 3. The second kappa shape index (κ2) is 16.9. The number of carbonyl (C=O) groups excluding carboxylic acids is 4. The summed E-state index contributed by atoms with van der Waals surface area (Å²) in [6.45, 7) is 6.21. The molecule has 0 radical (unpaired) electrons. The third kappa shape index (κ3) is 9.43. The van der Waals surface area contributed by atoms with Gasteiger partial charge in [-0.2, -0.15) is 0 Å². The van der Waals surface area contributed by atoms with Crippen molar-refractivity contribution in [1.82, 2.24) is 5.32 Å². The van der Waals surface area contributed by atoms with E-state index in [2.05, 4.69) is 20.4 Å². The maximum Gasteiger partial charge on any atom is 0.251 e. The summed E-state index contributed by atoms with van der Waals surface area (Å²) in [6.07, 6.45) is 0.437. The topological polar surface area (TPSA) is 117 Å². The SMILES string of the molecule is O=C(CNC(=O)c1ccc(-c2ccc(C(=O)CCC(=O)Nc3ccc(N4CCOCC4)cc3)cc2)cc1)Cc1ccc(N2CCOCC2)cc1. The summed E-state index contributed by atoms with van der Waals surface area (Å²) in [5, 5.41) is 5.60. The van der Waals surface area contributed by atoms with Crippen molar-refractivity contribution in [1.29, 1.82) is 0 Å². The van der Waals surface area contributed by atoms with Gasteiger partial charge in [-0.1, -0.05) is 48.5 Å². The zero-order chi connectivity index (χ0) is 34.7. The average Bonchev–Trinajstić information content (AvgIpc) is 3.17. The second-order valence-corrected chi connectivity index (χ2v) is 12.4. The number of ether oxygens (including phenoxy) is 2. The highest BCUT2D eigenvalue weighted by Crippen LogP contribution is 2.23. The number of rotatable bonds is 13. The lowest BCUT2D eigenvalue weighted by molar-refractivity contribution is -0.117. The standard InChI is InChI=1S/C40H42N4O6/c45-37(27-29-1-13-35(14-2-29)43-19-23-49-24-20-43)28-41-40(48)33-9-5-31(6-10-33)30-3-7-32(8-4-30)38(46)17-18-39(47)42-34-11-15-36(16-12-34)44-21-25-50-26-22-44/h1-16H,17-28H2,(H,41,48)(H,42,47). The quantitative estimate of drug-likeness (QED) is 0.187. The van der Waals surface area contributed by atoms with Gasteiger partial charge in [-0.05, 0) is 65.2 Å². The van der Waals surface area contributed by atoms with Gasteiger partial charge in [-0.3, -0.25) is 19.2 Å². The summed E-state index contributed by atoms with van der Waals surface area (Å²) in [5.41, 5.74) is 6.57. The van der Waals surface area contributed by atoms with Crippen LogP contribution in [-0.2, 0) is 25.5 Å². The van der Waals surface area contributed by atoms with Gasteiger partial charge >= 0.3 is 0 Å². The Hall–Kier alpha value is -5.32. The Balaban J connectivity index is 0.922. The normalized spacial score (nSPS) is 14.6. The molecule has 0 aromatic heterocycles. The largest absolute Gasteiger partial charge is 0.378 e. The van der Waals surface area contributed by atoms with E-state index in [-0.39, 0.29) is 49.2 Å². The van der Waals surface area contributed by atoms with Gasteiger partial charge in [-0.25, -0.2) is 0 Å². The van der Waals surface area contributed by atoms with E-state index in [9.17, 15) is 19.2 Å². The second-order valence-electron chi connectivity index (χ2n) is 12.4. The van der Waals surface area contributed by atoms with Crippen molar-refractivity contribution in [3.8, 4) is 11.1 Å². The summed E-state index contributed by atoms with van der Waals surface area (Å²) in [5.74, 6) is -0.709. The van der Waals surface area contributed by atoms with Crippen molar-refractivity contribution < 1.29 is 28.7 Å². The predicted molar refractivity (Wildman–Crippen MR) is 194 cm³/mol. The first-order chi connectivity index (χ1) is 24.4. The third-order valence-corrected chi connectivity index (χ3v) is 8.95. The molecule has 0 atom stereocenters. The molecule has 2 saturated heterocycles. The Morgan fingerprint density at radius 3 is 1.62 bits per heavy atom. The molecular formula is C40H42N4O6. The van der Waals surface area contributed by atoms with Crippen molar-refractivity contribution >= 4 is 40.4 Å². The van der Waals surface area contributed by atoms with Gasteiger partial charge in [-0.15, -0.1) is 0 Å². The smallest absolute Gasteiger partial charge is 0.251 e. The number of nitrogens with zero attached hydrogens (tertiary/aromatic N) is 2. The van der Waals surface area contributed by atoms with Crippen LogP contribution in [0.1, 0.15) is 39.1 Å². The minimum absolute atomic E-state index is 0.0502. The zero-order valence-corrected chi connectivity index (χ0v) is 28.1. The maximum absolute atomic E-state index is 12.8. The third-order valence-electron chi connectivity index (χ3n) is 8.95. The molecule has 0 saturated carbocycles. The number of benzene rings is 4. The summed E-state index contributed by atoms with van der Waals surface area (Å²) in [7, 11) is 0. The highest BCUT2D eigenvalue weighted by Gasteiger charge is 2.15. The van der Waals surface area contributed by atoms with Crippen LogP contribution in [0.3, 0.4) is 0 Å². The molecule has 2 N–H and O–H groups in total. The van der Waals surface area contributed by atoms with Gasteiger partial charge in [0.2, 0.25) is 5.91 Å². The van der Waals surface area contributed by atoms with Crippen LogP contribution in [0.25, 0.3) is 11.1 Å². The fourth-order valence-electron chi connectivity index (χ4n) is 6.05. The van der Waals surface area contributed by atoms with Crippen LogP contribution in [-0.4, -0.2) is 82.5 Å². The van der Waals surface area contributed by atoms with Gasteiger partial charge in [0.1, 0.15) is 0 Å². The Morgan fingerprint density at radius 1 is 0.580 bits per heavy atom. The minimum Gasteiger partial charge on any atom is -0.378 e. The first kappa shape index (κ1) is 34.5. The molecule has 2 aliphatic heterocycles. The fraction of sp³-hybridized carbons (Fsp3) is 0.300. The molecule has 2 fully saturated rings. The van der Waals surface area contributed by atoms with Gasteiger partial charge in [0.05, 0.1) is 33.0 Å². The number of amides is 2. The lowest BCUT2D eigenvalue weighted by Gasteiger charge is -2.28. The average molecular weight is 675 g/mol. The van der Waals surface area contributed by atoms with Gasteiger partial charge in [0.25, 0.3) is 5.91 Å². The van der Waals surface area contributed by atoms with Gasteiger partial charge in [0.15, 0.2) is 11.6 Å². The number of hydrogen-bond acceptors (Lipinski definition) is 8. The molecule has 258 valence electrons. The van der Waals surface area contributed by atoms with Gasteiger partial charge in [0, 0.05) is 73.6 Å². The van der Waals surface area contributed by atoms with E-state index in [1.54, 1.807) is 24.3 Å². The summed E-state index contributed by atoms with van der Waals surface area (Å²) in [4.78, 5) is 55.1. The Morgan fingerprint density at radius 2 is 1.08 bits per heavy atom. The van der Waals surface area contributed by atoms with Crippen molar-refractivity contribution in [3.05, 3.63) is 114 Å². The lowest BCUT2D eigenvalue weighted by Crippen LogP contribution is -2.36. The zero-order valence-electron chi connectivity index (χ0n) is 28.1. The molecule has 4 aromatic carbocycles. The molecule has 50 heavy (non-hydrogen) atoms. The number of Topliss-reactive ketones (excluding diaryl/α,β-unsaturated/α-hetero) is 2. The van der Waals surface area contributed by atoms with Crippen LogP contribution >= 0.6 is 0 Å². The molecule has 4 aromatic rings. The van der Waals surface area contributed by atoms with Crippen LogP contribution in [0.15, 0.2) is 97.1 Å². The summed E-state index contributed by atoms with van der Waals surface area (Å²) >= 11 is 0. The Labute approximate surface area is 292 Å². The van der Waals surface area contributed by atoms with Crippen LogP contribution < -0.4 is 20.4 Å². The molecule has 0 aliphatic carbocycles. The number of hydrogen-bond donors (Lipinski definition) is 2. The maximum atomic E-state index is 12.8. The summed E-state index contributed by atoms with van der Waals surface area (Å²) < 4.78 is 10.8. The molecule has 0 bridgehead atoms. The number of carbonyl (C=O) groups is 4. The van der Waals surface area contributed by atoms with E-state index >= 15 is 0 Å². The van der Waals surface area contributed by atoms with E-state index in [1.807, 2.05) is 72.8 Å². The molecule has 0 unspecified atom stereocenters. The molecule has 6 rings (SSSR count). The van der Waals surface area contributed by atoms with E-state index in [0.29, 0.717) is 30.0 Å². The molecule has 10 heteroatoms. The van der Waals surface area contributed by atoms with Crippen LogP contribution in [0, 0.1) is 0 Å². The molecular weight excluding hydrogens is 632 g/mol. The molecule has 2 aliphatic rings. The molecule has 10 nitrogen and oxygen atoms in total. The number of nitrogens with one attached hydrogen (secondary N) is 2. The van der Waals surface area contributed by atoms with E-state index in [4.69, 9.17) is 9.47 Å². The molecule has 2 amide bonds. The van der Waals surface area contributed by atoms with Crippen molar-refractivity contribution in [3.63, 3.8) is 0 Å². The van der Waals surface area contributed by atoms with Gasteiger partial charge < -0.3 is 29.9 Å². The predicted octanol–water partition coefficient (Wildman–Crippen LogP) is 5.17. The Bertz CT molecular complexity index is 1630. The van der Waals surface area contributed by atoms with Crippen molar-refractivity contribution in [2.45, 2.75) is 19.3 Å². The first-order valence-corrected chi connectivity index (χ1v) is 17.1. The highest BCUT2D eigenvalue weighted by molar-refractivity contribution is 6.00. The van der Waals surface area contributed by atoms with Crippen LogP contribution in [0.2, 0.25) is 0 Å². The number of ketones is 2. The molecule has 2 heterocycles. The lowest BCUT2D eigenvalue weighted by atomic mass is 10.00. The van der Waals surface area contributed by atoms with E-state index < -0.39 is 0 Å². The van der Waals surface area contributed by atoms with E-state index in [0.717, 1.165) is 67.5 Å². The highest BCUT2D eigenvalue weighted by atomic mass is 16.5. The minimum atomic E-state index is -0.317. The van der Waals surface area contributed by atoms with Crippen LogP contribution in [0.5, 0.6) is 0 Å². The summed E-state index contributed by atoms with van der Waals surface area (Å²) in [6, 6.07) is 30.0. The van der Waals surface area contributed by atoms with E-state index in [1.165, 1.54) is 0 Å². The Kier molecular flexibility index (Phi) is 11.7. The number of morpholine rings is 2. The monoisotopic (exact) mass is 674 g/mol. The first-order valence-electron chi connectivity index (χ1n) is 17.1. The molecule has 0 spiro atoms. The van der Waals surface area contributed by atoms with Crippen molar-refractivity contribution in [2.24, 2.45) is 0 Å². The van der Waals surface area contributed by atoms with Crippen LogP contribution in [0.4, 0.5) is 17.1 Å².